The van der Waals surface area contributed by atoms with Gasteiger partial charge in [0.2, 0.25) is 0 Å². The molecule has 0 saturated heterocycles. The number of alkyl halides is 2. The molecule has 21 nitrogen and oxygen atoms in total. The summed E-state index contributed by atoms with van der Waals surface area (Å²) in [4.78, 5) is 64.6. The largest absolute Gasteiger partial charge is 0.508 e. The first-order valence-corrected chi connectivity index (χ1v) is 41.3. The maximum Gasteiger partial charge on any atom is 0.387 e. The molecule has 5 heterocycles. The fourth-order valence-corrected chi connectivity index (χ4v) is 18.4. The Morgan fingerprint density at radius 1 is 0.367 bits per heavy atom. The summed E-state index contributed by atoms with van der Waals surface area (Å²) < 4.78 is 36.9. The van der Waals surface area contributed by atoms with Crippen LogP contribution in [0.1, 0.15) is 143 Å². The van der Waals surface area contributed by atoms with E-state index in [0.717, 1.165) is 80.6 Å². The molecule has 600 valence electrons. The Morgan fingerprint density at radius 3 is 1.18 bits per heavy atom. The Morgan fingerprint density at radius 2 is 0.733 bits per heavy atom. The highest BCUT2D eigenvalue weighted by Crippen LogP contribution is 2.49. The van der Waals surface area contributed by atoms with Gasteiger partial charge in [-0.1, -0.05) is 168 Å². The SMILES string of the molecule is COc1ccc(C2NC(=S)NC3=C2C(=O)c2ccccc23)cc1.Cc1ccc2c(c1)C(=O)C1=C2NC(=S)NC1c1cc(O)ccc1Br.O=C1C2=C(NC(=S)NC2c2cc(O)ccc2Br)c2ccc(Cl)cc21.O=C1C2=C(NC(=S)NC2c2cc(O)ccc2Br)c2cccc(O)c21.O=C1C2=C(NC(=S)NC2c2cccc(OC(F)F)c2)c2ccccc21. The molecule has 0 aromatic heterocycles. The number of thiocarbonyl (C=S) groups is 5. The summed E-state index contributed by atoms with van der Waals surface area (Å²) >= 11 is 43.0. The van der Waals surface area contributed by atoms with E-state index in [1.165, 1.54) is 18.2 Å². The van der Waals surface area contributed by atoms with Gasteiger partial charge in [-0.15, -0.1) is 0 Å². The first-order valence-electron chi connectivity index (χ1n) is 36.5. The van der Waals surface area contributed by atoms with E-state index >= 15 is 0 Å². The van der Waals surface area contributed by atoms with Crippen molar-refractivity contribution >= 4 is 203 Å². The fraction of sp³-hybridized carbons (Fsp3) is 0.0909. The summed E-state index contributed by atoms with van der Waals surface area (Å²) in [5, 5.41) is 73.2. The molecule has 120 heavy (non-hydrogen) atoms. The number of carbonyl (C=O) groups excluding carboxylic acids is 5. The van der Waals surface area contributed by atoms with E-state index in [1.807, 2.05) is 91.9 Å². The lowest BCUT2D eigenvalue weighted by molar-refractivity contribution is -0.0499. The number of methoxy groups -OCH3 is 1. The van der Waals surface area contributed by atoms with Crippen molar-refractivity contribution in [3.63, 3.8) is 0 Å². The van der Waals surface area contributed by atoms with Crippen LogP contribution in [0.2, 0.25) is 5.02 Å². The van der Waals surface area contributed by atoms with Crippen molar-refractivity contribution in [1.29, 1.82) is 0 Å². The van der Waals surface area contributed by atoms with Crippen molar-refractivity contribution < 1.29 is 62.7 Å². The van der Waals surface area contributed by atoms with Crippen LogP contribution in [0.4, 0.5) is 8.78 Å². The number of phenols is 4. The van der Waals surface area contributed by atoms with E-state index < -0.39 is 30.8 Å². The normalized spacial score (nSPS) is 18.8. The lowest BCUT2D eigenvalue weighted by Crippen LogP contribution is -2.43. The van der Waals surface area contributed by atoms with E-state index in [-0.39, 0.29) is 69.3 Å². The van der Waals surface area contributed by atoms with Crippen molar-refractivity contribution in [3.8, 4) is 34.5 Å². The van der Waals surface area contributed by atoms with Crippen LogP contribution in [0.15, 0.2) is 248 Å². The van der Waals surface area contributed by atoms with Crippen LogP contribution in [-0.2, 0) is 0 Å². The molecule has 5 aliphatic heterocycles. The molecule has 32 heteroatoms. The molecule has 0 spiro atoms. The Balaban J connectivity index is 0.000000112. The summed E-state index contributed by atoms with van der Waals surface area (Å²) in [6.07, 6.45) is 0. The van der Waals surface area contributed by atoms with E-state index in [2.05, 4.69) is 106 Å². The average Bonchev–Trinajstić information content (AvgIpc) is 1.62. The van der Waals surface area contributed by atoms with Gasteiger partial charge in [-0.2, -0.15) is 8.78 Å². The molecule has 0 fully saturated rings. The molecule has 10 aromatic rings. The standard InChI is InChI=1S/C18H13BrN2O2S.C18H12F2N2O2S.C18H14N2O2S.C17H10BrClN2O2S.C17H11BrN2O3S/c1-8-2-4-10-11(6-8)17(23)14-15(10)20-18(24)21-16(14)12-7-9(22)3-5-13(12)19;19-17(20)24-10-5-3-4-9(8-10)14-13-15(22-18(25)21-14)11-6-1-2-7-12(11)16(13)23;1-22-11-8-6-10(7-9-11)15-14-16(20-18(23)19-15)12-4-2-3-5-13(12)17(14)21;18-12-4-2-8(22)6-11(12)15-13-14(20-17(24)21-15)9-3-1-7(19)5-10(9)16(13)23;18-10-5-4-7(21)6-9(10)15-13-14(19-17(24)20-15)8-2-1-3-11(22)12(8)16(13)23/h2-7,16,22H,1H3,(H2,20,21,24);1-8,14,17H,(H2,21,22,25);2-9,15H,1H3,(H2,19,20,23);1-6,15,22H,(H2,20,21,24);1-6,15,21-22H,(H2,19,20,24). The van der Waals surface area contributed by atoms with Crippen LogP contribution in [0.5, 0.6) is 34.5 Å². The van der Waals surface area contributed by atoms with Gasteiger partial charge >= 0.3 is 6.61 Å². The highest BCUT2D eigenvalue weighted by atomic mass is 79.9. The lowest BCUT2D eigenvalue weighted by atomic mass is 9.94. The molecule has 0 saturated carbocycles. The van der Waals surface area contributed by atoms with Crippen molar-refractivity contribution in [1.82, 2.24) is 53.2 Å². The van der Waals surface area contributed by atoms with Gasteiger partial charge < -0.3 is 83.1 Å². The Bertz CT molecular complexity index is 6270. The summed E-state index contributed by atoms with van der Waals surface area (Å²) in [6, 6.07) is 57.3. The molecule has 5 atom stereocenters. The van der Waals surface area contributed by atoms with Crippen LogP contribution in [0.25, 0.3) is 28.5 Å². The molecule has 14 N–H and O–H groups in total. The number of nitrogens with one attached hydrogen (secondary N) is 10. The van der Waals surface area contributed by atoms with Crippen molar-refractivity contribution in [3.05, 3.63) is 342 Å². The maximum atomic E-state index is 13.0. The van der Waals surface area contributed by atoms with Gasteiger partial charge in [0.05, 0.1) is 99.2 Å². The third kappa shape index (κ3) is 15.5. The van der Waals surface area contributed by atoms with Gasteiger partial charge in [-0.05, 0) is 199 Å². The van der Waals surface area contributed by atoms with E-state index in [0.29, 0.717) is 109 Å². The molecular formula is C88H60Br3ClF2N10O11S5. The Kier molecular flexibility index (Phi) is 22.7. The highest BCUT2D eigenvalue weighted by molar-refractivity contribution is 9.11. The number of aromatic hydroxyl groups is 4. The van der Waals surface area contributed by atoms with Gasteiger partial charge in [0, 0.05) is 68.5 Å². The zero-order valence-corrected chi connectivity index (χ0v) is 71.6. The number of ketones is 5. The molecule has 5 unspecified atom stereocenters. The Hall–Kier alpha value is -11.9. The van der Waals surface area contributed by atoms with Crippen LogP contribution in [0, 0.1) is 6.92 Å². The van der Waals surface area contributed by atoms with Crippen LogP contribution >= 0.6 is 120 Å². The van der Waals surface area contributed by atoms with Crippen molar-refractivity contribution in [2.45, 2.75) is 43.7 Å². The van der Waals surface area contributed by atoms with E-state index in [9.17, 15) is 53.2 Å². The van der Waals surface area contributed by atoms with Crippen LogP contribution in [-0.4, -0.2) is 88.6 Å². The molecule has 0 bridgehead atoms. The predicted molar refractivity (Wildman–Crippen MR) is 481 cm³/mol. The monoisotopic (exact) mass is 1900 g/mol. The average molecular weight is 1910 g/mol. The second-order valence-electron chi connectivity index (χ2n) is 28.1. The Labute approximate surface area is 739 Å². The molecule has 0 radical (unpaired) electrons. The first-order chi connectivity index (χ1) is 57.6. The number of aryl methyl sites for hydroxylation is 1. The van der Waals surface area contributed by atoms with Crippen LogP contribution < -0.4 is 62.6 Å². The molecule has 10 aromatic carbocycles. The zero-order chi connectivity index (χ0) is 84.5. The van der Waals surface area contributed by atoms with Gasteiger partial charge in [-0.3, -0.25) is 24.0 Å². The maximum absolute atomic E-state index is 13.0. The molecule has 0 amide bonds. The number of phenolic OH excluding ortho intramolecular Hbond substituents is 4. The van der Waals surface area contributed by atoms with Gasteiger partial charge in [0.1, 0.15) is 34.5 Å². The smallest absolute Gasteiger partial charge is 0.387 e. The van der Waals surface area contributed by atoms with Gasteiger partial charge in [-0.25, -0.2) is 0 Å². The molecule has 20 rings (SSSR count). The van der Waals surface area contributed by atoms with E-state index in [4.69, 9.17) is 77.4 Å². The van der Waals surface area contributed by atoms with E-state index in [1.54, 1.807) is 110 Å². The van der Waals surface area contributed by atoms with Gasteiger partial charge in [0.25, 0.3) is 0 Å². The second-order valence-corrected chi connectivity index (χ2v) is 33.2. The number of halogens is 6. The number of hydrogen-bond donors (Lipinski definition) is 14. The van der Waals surface area contributed by atoms with Gasteiger partial charge in [0.15, 0.2) is 54.5 Å². The number of carbonyl (C=O) groups is 5. The number of rotatable bonds is 8. The minimum Gasteiger partial charge on any atom is -0.508 e. The quantitative estimate of drug-likeness (QED) is 0.0629. The fourth-order valence-electron chi connectivity index (χ4n) is 15.7. The number of hydrogen-bond acceptors (Lipinski definition) is 16. The summed E-state index contributed by atoms with van der Waals surface area (Å²) in [5.41, 5.74) is 18.0. The summed E-state index contributed by atoms with van der Waals surface area (Å²) in [5.74, 6) is 0.632. The molecular weight excluding hydrogens is 1850 g/mol. The summed E-state index contributed by atoms with van der Waals surface area (Å²) in [7, 11) is 1.63. The second kappa shape index (κ2) is 33.4. The zero-order valence-electron chi connectivity index (χ0n) is 62.0. The number of ether oxygens (including phenoxy) is 2. The number of Topliss-reactive ketones (excluding diaryl/α,β-unsaturated/α-hetero) is 5. The van der Waals surface area contributed by atoms with Crippen LogP contribution in [0.3, 0.4) is 0 Å². The predicted octanol–water partition coefficient (Wildman–Crippen LogP) is 16.7. The van der Waals surface area contributed by atoms with Crippen molar-refractivity contribution in [2.24, 2.45) is 0 Å². The number of benzene rings is 10. The first kappa shape index (κ1) is 81.8. The topological polar surface area (TPSA) is 305 Å². The summed E-state index contributed by atoms with van der Waals surface area (Å²) in [6.45, 7) is -0.950. The highest BCUT2D eigenvalue weighted by Gasteiger charge is 2.46. The molecule has 10 aliphatic rings. The third-order valence-corrected chi connectivity index (χ3v) is 24.4. The minimum atomic E-state index is -2.91. The minimum absolute atomic E-state index is 0.0218. The lowest BCUT2D eigenvalue weighted by Gasteiger charge is -2.29. The number of fused-ring (bicyclic) bond motifs is 10. The van der Waals surface area contributed by atoms with Crippen molar-refractivity contribution in [2.75, 3.05) is 7.11 Å². The third-order valence-electron chi connectivity index (χ3n) is 20.9. The molecule has 5 aliphatic carbocycles.